The van der Waals surface area contributed by atoms with E-state index in [2.05, 4.69) is 0 Å². The number of hydrogen-bond donors (Lipinski definition) is 1. The Morgan fingerprint density at radius 2 is 2.30 bits per heavy atom. The molecule has 2 nitrogen and oxygen atoms in total. The molecule has 1 saturated heterocycles. The maximum atomic E-state index is 13.4. The fourth-order valence-electron chi connectivity index (χ4n) is 1.32. The van der Waals surface area contributed by atoms with E-state index in [0.29, 0.717) is 13.0 Å². The molecule has 0 saturated carbocycles. The second-order valence-corrected chi connectivity index (χ2v) is 3.20. The Morgan fingerprint density at radius 1 is 1.70 bits per heavy atom. The van der Waals surface area contributed by atoms with Crippen molar-refractivity contribution in [2.45, 2.75) is 25.1 Å². The molecule has 60 valence electrons. The van der Waals surface area contributed by atoms with Gasteiger partial charge in [0.25, 0.3) is 0 Å². The Hall–Kier alpha value is -0.150. The zero-order chi connectivity index (χ0) is 7.78. The number of halogens is 1. The third-order valence-electron chi connectivity index (χ3n) is 2.19. The molecule has 1 unspecified atom stereocenters. The highest BCUT2D eigenvalue weighted by Gasteiger charge is 2.40. The predicted octanol–water partition coefficient (Wildman–Crippen LogP) is 0.411. The average Bonchev–Trinajstić information content (AvgIpc) is 2.13. The van der Waals surface area contributed by atoms with Crippen molar-refractivity contribution in [3.63, 3.8) is 0 Å². The first-order valence-electron chi connectivity index (χ1n) is 3.60. The van der Waals surface area contributed by atoms with Gasteiger partial charge in [0.15, 0.2) is 0 Å². The van der Waals surface area contributed by atoms with Gasteiger partial charge in [-0.15, -0.1) is 0 Å². The molecule has 1 rings (SSSR count). The van der Waals surface area contributed by atoms with Crippen molar-refractivity contribution in [2.24, 2.45) is 0 Å². The summed E-state index contributed by atoms with van der Waals surface area (Å²) < 4.78 is 13.4. The maximum absolute atomic E-state index is 13.4. The highest BCUT2D eigenvalue weighted by atomic mass is 19.1. The maximum Gasteiger partial charge on any atom is 0.150 e. The summed E-state index contributed by atoms with van der Waals surface area (Å²) in [5.41, 5.74) is -1.35. The van der Waals surface area contributed by atoms with Crippen molar-refractivity contribution in [2.75, 3.05) is 20.1 Å². The smallest absolute Gasteiger partial charge is 0.150 e. The summed E-state index contributed by atoms with van der Waals surface area (Å²) in [5, 5.41) is 9.03. The standard InChI is InChI=1S/C7H14FNO/c1-6(10)7(8)3-4-9(2)5-7/h6,10H,3-5H2,1-2H3/t6?,7-/m0/s1. The first-order valence-corrected chi connectivity index (χ1v) is 3.60. The number of aliphatic hydroxyl groups is 1. The van der Waals surface area contributed by atoms with Crippen LogP contribution >= 0.6 is 0 Å². The second kappa shape index (κ2) is 2.47. The molecule has 3 heteroatoms. The van der Waals surface area contributed by atoms with E-state index in [1.165, 1.54) is 6.92 Å². The third-order valence-corrected chi connectivity index (χ3v) is 2.19. The Bertz CT molecular complexity index is 129. The number of nitrogens with zero attached hydrogens (tertiary/aromatic N) is 1. The molecule has 1 N–H and O–H groups in total. The van der Waals surface area contributed by atoms with Crippen LogP contribution in [0.3, 0.4) is 0 Å². The largest absolute Gasteiger partial charge is 0.390 e. The summed E-state index contributed by atoms with van der Waals surface area (Å²) in [5.74, 6) is 0. The molecule has 1 aliphatic heterocycles. The van der Waals surface area contributed by atoms with Crippen LogP contribution in [0.2, 0.25) is 0 Å². The van der Waals surface area contributed by atoms with Crippen LogP contribution in [-0.4, -0.2) is 41.9 Å². The molecule has 0 aliphatic carbocycles. The molecule has 0 aromatic heterocycles. The van der Waals surface area contributed by atoms with Gasteiger partial charge in [-0.05, 0) is 20.4 Å². The van der Waals surface area contributed by atoms with Crippen LogP contribution in [0.25, 0.3) is 0 Å². The Labute approximate surface area is 60.6 Å². The molecule has 1 heterocycles. The van der Waals surface area contributed by atoms with Crippen molar-refractivity contribution in [1.82, 2.24) is 4.90 Å². The number of aliphatic hydroxyl groups excluding tert-OH is 1. The van der Waals surface area contributed by atoms with Gasteiger partial charge in [0.05, 0.1) is 6.10 Å². The fourth-order valence-corrected chi connectivity index (χ4v) is 1.32. The van der Waals surface area contributed by atoms with Gasteiger partial charge in [0.2, 0.25) is 0 Å². The summed E-state index contributed by atoms with van der Waals surface area (Å²) in [7, 11) is 1.86. The Balaban J connectivity index is 2.54. The van der Waals surface area contributed by atoms with Gasteiger partial charge in [0.1, 0.15) is 5.67 Å². The lowest BCUT2D eigenvalue weighted by atomic mass is 10.00. The highest BCUT2D eigenvalue weighted by Crippen LogP contribution is 2.27. The molecule has 0 aromatic rings. The van der Waals surface area contributed by atoms with Crippen molar-refractivity contribution in [3.8, 4) is 0 Å². The molecule has 2 atom stereocenters. The van der Waals surface area contributed by atoms with Crippen LogP contribution in [0.15, 0.2) is 0 Å². The molecule has 0 bridgehead atoms. The zero-order valence-corrected chi connectivity index (χ0v) is 6.47. The predicted molar refractivity (Wildman–Crippen MR) is 37.6 cm³/mol. The molecular formula is C7H14FNO. The van der Waals surface area contributed by atoms with E-state index in [9.17, 15) is 4.39 Å². The van der Waals surface area contributed by atoms with E-state index in [0.717, 1.165) is 6.54 Å². The molecule has 1 aliphatic rings. The van der Waals surface area contributed by atoms with Crippen molar-refractivity contribution in [1.29, 1.82) is 0 Å². The van der Waals surface area contributed by atoms with Gasteiger partial charge in [-0.3, -0.25) is 0 Å². The molecule has 10 heavy (non-hydrogen) atoms. The van der Waals surface area contributed by atoms with E-state index < -0.39 is 11.8 Å². The van der Waals surface area contributed by atoms with Crippen LogP contribution < -0.4 is 0 Å². The van der Waals surface area contributed by atoms with E-state index in [-0.39, 0.29) is 0 Å². The summed E-state index contributed by atoms with van der Waals surface area (Å²) in [6.07, 6.45) is -0.376. The number of rotatable bonds is 1. The molecule has 0 radical (unpaired) electrons. The Morgan fingerprint density at radius 3 is 2.50 bits per heavy atom. The number of alkyl halides is 1. The molecule has 0 aromatic carbocycles. The topological polar surface area (TPSA) is 23.5 Å². The van der Waals surface area contributed by atoms with Gasteiger partial charge < -0.3 is 10.0 Å². The van der Waals surface area contributed by atoms with Crippen LogP contribution in [0, 0.1) is 0 Å². The minimum absolute atomic E-state index is 0.366. The van der Waals surface area contributed by atoms with Gasteiger partial charge in [-0.1, -0.05) is 0 Å². The average molecular weight is 147 g/mol. The lowest BCUT2D eigenvalue weighted by molar-refractivity contribution is 0.0117. The number of hydrogen-bond acceptors (Lipinski definition) is 2. The molecular weight excluding hydrogens is 133 g/mol. The number of likely N-dealkylation sites (tertiary alicyclic amines) is 1. The normalized spacial score (nSPS) is 38.4. The van der Waals surface area contributed by atoms with E-state index in [4.69, 9.17) is 5.11 Å². The van der Waals surface area contributed by atoms with Gasteiger partial charge in [0, 0.05) is 13.1 Å². The van der Waals surface area contributed by atoms with Crippen LogP contribution in [0.5, 0.6) is 0 Å². The van der Waals surface area contributed by atoms with Crippen molar-refractivity contribution < 1.29 is 9.50 Å². The van der Waals surface area contributed by atoms with Gasteiger partial charge in [-0.2, -0.15) is 0 Å². The third kappa shape index (κ3) is 1.30. The van der Waals surface area contributed by atoms with E-state index in [1.807, 2.05) is 11.9 Å². The minimum atomic E-state index is -1.35. The minimum Gasteiger partial charge on any atom is -0.390 e. The van der Waals surface area contributed by atoms with Crippen molar-refractivity contribution in [3.05, 3.63) is 0 Å². The SMILES string of the molecule is CC(O)[C@]1(F)CCN(C)C1. The molecule has 0 amide bonds. The zero-order valence-electron chi connectivity index (χ0n) is 6.47. The summed E-state index contributed by atoms with van der Waals surface area (Å²) in [6, 6.07) is 0. The molecule has 1 fully saturated rings. The van der Waals surface area contributed by atoms with E-state index >= 15 is 0 Å². The highest BCUT2D eigenvalue weighted by molar-refractivity contribution is 4.93. The van der Waals surface area contributed by atoms with Crippen LogP contribution in [0.1, 0.15) is 13.3 Å². The lowest BCUT2D eigenvalue weighted by Crippen LogP contribution is -2.38. The van der Waals surface area contributed by atoms with E-state index in [1.54, 1.807) is 0 Å². The fraction of sp³-hybridized carbons (Fsp3) is 1.00. The quantitative estimate of drug-likeness (QED) is 0.580. The monoisotopic (exact) mass is 147 g/mol. The van der Waals surface area contributed by atoms with Gasteiger partial charge in [-0.25, -0.2) is 4.39 Å². The second-order valence-electron chi connectivity index (χ2n) is 3.20. The van der Waals surface area contributed by atoms with Crippen molar-refractivity contribution >= 4 is 0 Å². The Kier molecular flexibility index (Phi) is 1.97. The first-order chi connectivity index (χ1) is 4.54. The lowest BCUT2D eigenvalue weighted by Gasteiger charge is -2.22. The summed E-state index contributed by atoms with van der Waals surface area (Å²) >= 11 is 0. The summed E-state index contributed by atoms with van der Waals surface area (Å²) in [4.78, 5) is 1.90. The summed E-state index contributed by atoms with van der Waals surface area (Å²) in [6.45, 7) is 2.63. The van der Waals surface area contributed by atoms with Crippen LogP contribution in [-0.2, 0) is 0 Å². The first kappa shape index (κ1) is 7.95. The molecule has 0 spiro atoms. The van der Waals surface area contributed by atoms with Gasteiger partial charge >= 0.3 is 0 Å². The van der Waals surface area contributed by atoms with Crippen LogP contribution in [0.4, 0.5) is 4.39 Å².